The van der Waals surface area contributed by atoms with Crippen LogP contribution >= 0.6 is 11.8 Å². The van der Waals surface area contributed by atoms with E-state index < -0.39 is 5.51 Å². The topological polar surface area (TPSA) is 42.0 Å². The van der Waals surface area contributed by atoms with Gasteiger partial charge in [0.2, 0.25) is 5.91 Å². The lowest BCUT2D eigenvalue weighted by Gasteiger charge is -2.09. The van der Waals surface area contributed by atoms with E-state index in [1.165, 1.54) is 12.1 Å². The predicted molar refractivity (Wildman–Crippen MR) is 95.6 cm³/mol. The maximum atomic E-state index is 12.3. The molecular weight excluding hydrogens is 361 g/mol. The van der Waals surface area contributed by atoms with Crippen molar-refractivity contribution in [3.63, 3.8) is 0 Å². The Hall–Kier alpha value is -2.54. The first-order valence-corrected chi connectivity index (χ1v) is 8.65. The molecule has 1 aromatic heterocycles. The molecular formula is C19H15F3N2OS. The molecule has 0 bridgehead atoms. The summed E-state index contributed by atoms with van der Waals surface area (Å²) in [7, 11) is 0. The number of benzene rings is 2. The third kappa shape index (κ3) is 4.98. The van der Waals surface area contributed by atoms with Gasteiger partial charge < -0.3 is 5.32 Å². The molecule has 0 saturated heterocycles. The van der Waals surface area contributed by atoms with E-state index in [9.17, 15) is 18.0 Å². The molecule has 3 aromatic rings. The van der Waals surface area contributed by atoms with Gasteiger partial charge in [-0.15, -0.1) is 0 Å². The molecule has 134 valence electrons. The van der Waals surface area contributed by atoms with Crippen molar-refractivity contribution >= 4 is 28.4 Å². The number of hydrogen-bond acceptors (Lipinski definition) is 3. The molecule has 0 unspecified atom stereocenters. The summed E-state index contributed by atoms with van der Waals surface area (Å²) in [6, 6.07) is 13.5. The molecule has 0 atom stereocenters. The summed E-state index contributed by atoms with van der Waals surface area (Å²) < 4.78 is 36.9. The van der Waals surface area contributed by atoms with E-state index in [-0.39, 0.29) is 35.5 Å². The summed E-state index contributed by atoms with van der Waals surface area (Å²) in [6.45, 7) is 0.266. The minimum atomic E-state index is -4.30. The third-order valence-electron chi connectivity index (χ3n) is 3.77. The van der Waals surface area contributed by atoms with Crippen molar-refractivity contribution in [3.05, 3.63) is 72.1 Å². The third-order valence-corrected chi connectivity index (χ3v) is 4.51. The number of halogens is 3. The average molecular weight is 376 g/mol. The van der Waals surface area contributed by atoms with Crippen LogP contribution in [0, 0.1) is 0 Å². The minimum Gasteiger partial charge on any atom is -0.352 e. The highest BCUT2D eigenvalue weighted by Crippen LogP contribution is 2.36. The second kappa shape index (κ2) is 7.78. The number of hydrogen-bond donors (Lipinski definition) is 1. The van der Waals surface area contributed by atoms with Crippen LogP contribution in [-0.2, 0) is 17.8 Å². The molecule has 1 heterocycles. The number of thioether (sulfide) groups is 1. The van der Waals surface area contributed by atoms with Gasteiger partial charge in [-0.25, -0.2) is 0 Å². The first kappa shape index (κ1) is 18.3. The molecule has 3 rings (SSSR count). The monoisotopic (exact) mass is 376 g/mol. The molecule has 0 saturated carbocycles. The molecule has 0 aliphatic carbocycles. The molecule has 1 amide bonds. The molecule has 1 N–H and O–H groups in total. The van der Waals surface area contributed by atoms with Gasteiger partial charge in [-0.05, 0) is 46.5 Å². The Bertz CT molecular complexity index is 905. The predicted octanol–water partition coefficient (Wildman–Crippen LogP) is 4.71. The SMILES string of the molecule is O=C(Cc1cccc2cnccc12)NCc1ccc(SC(F)(F)F)cc1. The number of pyridine rings is 1. The van der Waals surface area contributed by atoms with Gasteiger partial charge >= 0.3 is 5.51 Å². The molecule has 0 aliphatic rings. The van der Waals surface area contributed by atoms with E-state index in [1.807, 2.05) is 24.3 Å². The number of amides is 1. The van der Waals surface area contributed by atoms with Crippen LogP contribution in [0.1, 0.15) is 11.1 Å². The lowest BCUT2D eigenvalue weighted by atomic mass is 10.0. The van der Waals surface area contributed by atoms with Crippen molar-refractivity contribution in [1.29, 1.82) is 0 Å². The number of carbonyl (C=O) groups is 1. The Morgan fingerprint density at radius 1 is 1.08 bits per heavy atom. The number of alkyl halides is 3. The van der Waals surface area contributed by atoms with Crippen LogP contribution in [0.4, 0.5) is 13.2 Å². The van der Waals surface area contributed by atoms with Gasteiger partial charge in [0.05, 0.1) is 6.42 Å². The van der Waals surface area contributed by atoms with E-state index >= 15 is 0 Å². The molecule has 3 nitrogen and oxygen atoms in total. The average Bonchev–Trinajstić information content (AvgIpc) is 2.60. The van der Waals surface area contributed by atoms with Crippen molar-refractivity contribution in [1.82, 2.24) is 10.3 Å². The molecule has 26 heavy (non-hydrogen) atoms. The fourth-order valence-corrected chi connectivity index (χ4v) is 3.13. The van der Waals surface area contributed by atoms with E-state index in [4.69, 9.17) is 0 Å². The fraction of sp³-hybridized carbons (Fsp3) is 0.158. The maximum Gasteiger partial charge on any atom is 0.446 e. The number of carbonyl (C=O) groups excluding carboxylic acids is 1. The number of rotatable bonds is 5. The zero-order valence-electron chi connectivity index (χ0n) is 13.6. The Kier molecular flexibility index (Phi) is 5.46. The van der Waals surface area contributed by atoms with Gasteiger partial charge in [-0.3, -0.25) is 9.78 Å². The zero-order valence-corrected chi connectivity index (χ0v) is 14.4. The van der Waals surface area contributed by atoms with Crippen molar-refractivity contribution in [3.8, 4) is 0 Å². The van der Waals surface area contributed by atoms with Crippen LogP contribution in [0.2, 0.25) is 0 Å². The van der Waals surface area contributed by atoms with Crippen molar-refractivity contribution in [2.75, 3.05) is 0 Å². The molecule has 0 spiro atoms. The van der Waals surface area contributed by atoms with Crippen molar-refractivity contribution < 1.29 is 18.0 Å². The van der Waals surface area contributed by atoms with Crippen LogP contribution in [0.5, 0.6) is 0 Å². The van der Waals surface area contributed by atoms with Crippen molar-refractivity contribution in [2.45, 2.75) is 23.4 Å². The molecule has 7 heteroatoms. The zero-order chi connectivity index (χ0) is 18.6. The summed E-state index contributed by atoms with van der Waals surface area (Å²) >= 11 is -0.156. The molecule has 0 radical (unpaired) electrons. The maximum absolute atomic E-state index is 12.3. The van der Waals surface area contributed by atoms with Crippen LogP contribution in [0.25, 0.3) is 10.8 Å². The summed E-state index contributed by atoms with van der Waals surface area (Å²) in [5, 5.41) is 4.74. The van der Waals surface area contributed by atoms with E-state index in [0.29, 0.717) is 0 Å². The van der Waals surface area contributed by atoms with E-state index in [0.717, 1.165) is 21.9 Å². The quantitative estimate of drug-likeness (QED) is 0.656. The highest BCUT2D eigenvalue weighted by atomic mass is 32.2. The molecule has 0 aliphatic heterocycles. The Balaban J connectivity index is 1.59. The fourth-order valence-electron chi connectivity index (χ4n) is 2.59. The summed E-state index contributed by atoms with van der Waals surface area (Å²) in [4.78, 5) is 16.4. The minimum absolute atomic E-state index is 0.122. The summed E-state index contributed by atoms with van der Waals surface area (Å²) in [5.74, 6) is -0.150. The first-order valence-electron chi connectivity index (χ1n) is 7.84. The van der Waals surface area contributed by atoms with Gasteiger partial charge in [0.15, 0.2) is 0 Å². The van der Waals surface area contributed by atoms with Crippen LogP contribution < -0.4 is 5.32 Å². The second-order valence-electron chi connectivity index (χ2n) is 5.66. The number of nitrogens with one attached hydrogen (secondary N) is 1. The van der Waals surface area contributed by atoms with Crippen LogP contribution in [-0.4, -0.2) is 16.4 Å². The van der Waals surface area contributed by atoms with Gasteiger partial charge in [0.25, 0.3) is 0 Å². The normalized spacial score (nSPS) is 11.5. The summed E-state index contributed by atoms with van der Waals surface area (Å²) in [5.41, 5.74) is -2.66. The standard InChI is InChI=1S/C19H15F3N2OS/c20-19(21,22)26-16-6-4-13(5-7-16)11-24-18(25)10-14-2-1-3-15-12-23-9-8-17(14)15/h1-9,12H,10-11H2,(H,24,25). The molecule has 2 aromatic carbocycles. The highest BCUT2D eigenvalue weighted by molar-refractivity contribution is 8.00. The van der Waals surface area contributed by atoms with E-state index in [1.54, 1.807) is 24.5 Å². The van der Waals surface area contributed by atoms with Gasteiger partial charge in [0.1, 0.15) is 0 Å². The van der Waals surface area contributed by atoms with Gasteiger partial charge in [0, 0.05) is 29.2 Å². The number of fused-ring (bicyclic) bond motifs is 1. The van der Waals surface area contributed by atoms with Crippen molar-refractivity contribution in [2.24, 2.45) is 0 Å². The van der Waals surface area contributed by atoms with Gasteiger partial charge in [-0.2, -0.15) is 13.2 Å². The molecule has 0 fully saturated rings. The Morgan fingerprint density at radius 3 is 2.58 bits per heavy atom. The number of aromatic nitrogens is 1. The Morgan fingerprint density at radius 2 is 1.85 bits per heavy atom. The first-order chi connectivity index (χ1) is 12.4. The lowest BCUT2D eigenvalue weighted by Crippen LogP contribution is -2.24. The largest absolute Gasteiger partial charge is 0.446 e. The lowest BCUT2D eigenvalue weighted by molar-refractivity contribution is -0.120. The number of nitrogens with zero attached hydrogens (tertiary/aromatic N) is 1. The second-order valence-corrected chi connectivity index (χ2v) is 6.80. The smallest absolute Gasteiger partial charge is 0.352 e. The van der Waals surface area contributed by atoms with Crippen LogP contribution in [0.15, 0.2) is 65.8 Å². The van der Waals surface area contributed by atoms with Gasteiger partial charge in [-0.1, -0.05) is 30.3 Å². The van der Waals surface area contributed by atoms with Crippen LogP contribution in [0.3, 0.4) is 0 Å². The summed E-state index contributed by atoms with van der Waals surface area (Å²) in [6.07, 6.45) is 3.66. The highest BCUT2D eigenvalue weighted by Gasteiger charge is 2.28. The van der Waals surface area contributed by atoms with E-state index in [2.05, 4.69) is 10.3 Å². The Labute approximate surface area is 152 Å².